The van der Waals surface area contributed by atoms with E-state index in [-0.39, 0.29) is 11.1 Å². The number of allylic oxidation sites excluding steroid dienone is 4. The van der Waals surface area contributed by atoms with Crippen molar-refractivity contribution in [1.29, 1.82) is 0 Å². The van der Waals surface area contributed by atoms with Crippen LogP contribution in [-0.2, 0) is 0 Å². The van der Waals surface area contributed by atoms with Crippen LogP contribution in [0.4, 0.5) is 0 Å². The van der Waals surface area contributed by atoms with E-state index in [2.05, 4.69) is 51.5 Å². The molecule has 0 atom stereocenters. The summed E-state index contributed by atoms with van der Waals surface area (Å²) in [6.45, 7) is 12.6. The van der Waals surface area contributed by atoms with Crippen molar-refractivity contribution in [2.24, 2.45) is 9.98 Å². The van der Waals surface area contributed by atoms with Gasteiger partial charge in [0.1, 0.15) is 0 Å². The van der Waals surface area contributed by atoms with Crippen molar-refractivity contribution in [3.63, 3.8) is 0 Å². The third-order valence-corrected chi connectivity index (χ3v) is 1.79. The van der Waals surface area contributed by atoms with Crippen LogP contribution in [0.3, 0.4) is 0 Å². The Bertz CT molecular complexity index is 331. The Hall–Kier alpha value is -1.18. The average Bonchev–Trinajstić information content (AvgIpc) is 2.03. The van der Waals surface area contributed by atoms with Crippen LogP contribution in [0.15, 0.2) is 34.3 Å². The summed E-state index contributed by atoms with van der Waals surface area (Å²) in [7, 11) is 0. The smallest absolute Gasteiger partial charge is 0.0833 e. The lowest BCUT2D eigenvalue weighted by molar-refractivity contribution is 0.580. The molecule has 0 radical (unpaired) electrons. The fourth-order valence-electron chi connectivity index (χ4n) is 1.38. The van der Waals surface area contributed by atoms with Crippen molar-refractivity contribution in [3.8, 4) is 0 Å². The van der Waals surface area contributed by atoms with Gasteiger partial charge in [-0.15, -0.1) is 0 Å². The summed E-state index contributed by atoms with van der Waals surface area (Å²) in [5.74, 6) is 0. The molecule has 2 heteroatoms. The Labute approximate surface area is 98.9 Å². The number of aliphatic imine (C=N–C) groups is 2. The molecule has 2 nitrogen and oxygen atoms in total. The highest BCUT2D eigenvalue weighted by atomic mass is 14.9. The monoisotopic (exact) mass is 218 g/mol. The van der Waals surface area contributed by atoms with Gasteiger partial charge in [0.25, 0.3) is 0 Å². The molecule has 0 fully saturated rings. The molecule has 0 amide bonds. The second kappa shape index (κ2) is 4.36. The molecule has 1 aliphatic rings. The number of nitrogens with zero attached hydrogens (tertiary/aromatic N) is 2. The summed E-state index contributed by atoms with van der Waals surface area (Å²) < 4.78 is 0. The van der Waals surface area contributed by atoms with E-state index in [1.807, 2.05) is 24.3 Å². The van der Waals surface area contributed by atoms with Crippen LogP contribution in [0.2, 0.25) is 0 Å². The van der Waals surface area contributed by atoms with Gasteiger partial charge >= 0.3 is 0 Å². The second-order valence-electron chi connectivity index (χ2n) is 6.05. The molecule has 0 aliphatic heterocycles. The maximum absolute atomic E-state index is 4.68. The third-order valence-electron chi connectivity index (χ3n) is 1.79. The van der Waals surface area contributed by atoms with E-state index in [0.29, 0.717) is 0 Å². The van der Waals surface area contributed by atoms with E-state index in [4.69, 9.17) is 0 Å². The van der Waals surface area contributed by atoms with Gasteiger partial charge in [0.05, 0.1) is 22.5 Å². The minimum absolute atomic E-state index is 0.0660. The minimum Gasteiger partial charge on any atom is -0.277 e. The minimum atomic E-state index is -0.0660. The Balaban J connectivity index is 3.09. The molecule has 88 valence electrons. The van der Waals surface area contributed by atoms with Gasteiger partial charge in [-0.05, 0) is 53.7 Å². The summed E-state index contributed by atoms with van der Waals surface area (Å²) in [4.78, 5) is 9.36. The van der Waals surface area contributed by atoms with Crippen LogP contribution in [0.25, 0.3) is 0 Å². The maximum atomic E-state index is 4.68. The van der Waals surface area contributed by atoms with Gasteiger partial charge in [-0.3, -0.25) is 9.98 Å². The van der Waals surface area contributed by atoms with E-state index < -0.39 is 0 Å². The molecule has 0 heterocycles. The van der Waals surface area contributed by atoms with Gasteiger partial charge in [0.15, 0.2) is 0 Å². The molecular formula is C14H22N2. The predicted molar refractivity (Wildman–Crippen MR) is 72.7 cm³/mol. The Kier molecular flexibility index (Phi) is 3.51. The first kappa shape index (κ1) is 12.9. The van der Waals surface area contributed by atoms with Crippen molar-refractivity contribution < 1.29 is 0 Å². The molecule has 0 bridgehead atoms. The van der Waals surface area contributed by atoms with Crippen LogP contribution >= 0.6 is 0 Å². The Morgan fingerprint density at radius 2 is 1.00 bits per heavy atom. The van der Waals surface area contributed by atoms with Crippen LogP contribution in [0.5, 0.6) is 0 Å². The molecule has 0 unspecified atom stereocenters. The lowest BCUT2D eigenvalue weighted by atomic mass is 10.0. The molecule has 0 aromatic heterocycles. The van der Waals surface area contributed by atoms with E-state index >= 15 is 0 Å². The summed E-state index contributed by atoms with van der Waals surface area (Å²) in [5, 5.41) is 0. The first-order valence-corrected chi connectivity index (χ1v) is 5.72. The van der Waals surface area contributed by atoms with Crippen molar-refractivity contribution in [2.75, 3.05) is 0 Å². The molecule has 0 N–H and O–H groups in total. The third kappa shape index (κ3) is 4.56. The zero-order valence-corrected chi connectivity index (χ0v) is 11.2. The van der Waals surface area contributed by atoms with Crippen molar-refractivity contribution in [1.82, 2.24) is 0 Å². The average molecular weight is 218 g/mol. The Morgan fingerprint density at radius 3 is 1.25 bits per heavy atom. The second-order valence-corrected chi connectivity index (χ2v) is 6.05. The first-order chi connectivity index (χ1) is 7.17. The van der Waals surface area contributed by atoms with Gasteiger partial charge < -0.3 is 0 Å². The van der Waals surface area contributed by atoms with Crippen LogP contribution < -0.4 is 0 Å². The van der Waals surface area contributed by atoms with E-state index in [1.165, 1.54) is 0 Å². The highest BCUT2D eigenvalue weighted by molar-refractivity contribution is 6.51. The summed E-state index contributed by atoms with van der Waals surface area (Å²) in [6, 6.07) is 0. The maximum Gasteiger partial charge on any atom is 0.0833 e. The molecule has 0 saturated heterocycles. The molecule has 1 rings (SSSR count). The molecule has 0 aromatic carbocycles. The Morgan fingerprint density at radius 1 is 0.688 bits per heavy atom. The fourth-order valence-corrected chi connectivity index (χ4v) is 1.38. The fraction of sp³-hybridized carbons (Fsp3) is 0.571. The summed E-state index contributed by atoms with van der Waals surface area (Å²) in [6.07, 6.45) is 8.06. The molecule has 16 heavy (non-hydrogen) atoms. The number of hydrogen-bond donors (Lipinski definition) is 0. The lowest BCUT2D eigenvalue weighted by Gasteiger charge is -2.19. The van der Waals surface area contributed by atoms with Gasteiger partial charge in [0, 0.05) is 0 Å². The summed E-state index contributed by atoms with van der Waals surface area (Å²) in [5.41, 5.74) is 1.82. The molecule has 0 spiro atoms. The molecule has 0 saturated carbocycles. The van der Waals surface area contributed by atoms with E-state index in [9.17, 15) is 0 Å². The standard InChI is InChI=1S/C14H22N2/c1-13(2,3)15-11-9-7-8-10-12(11)16-14(4,5)6/h7-10H,1-6H3/b15-11-,16-12-. The first-order valence-electron chi connectivity index (χ1n) is 5.72. The molecule has 1 aliphatic carbocycles. The van der Waals surface area contributed by atoms with Crippen molar-refractivity contribution in [2.45, 2.75) is 52.6 Å². The highest BCUT2D eigenvalue weighted by Gasteiger charge is 2.15. The van der Waals surface area contributed by atoms with E-state index in [1.54, 1.807) is 0 Å². The zero-order valence-electron chi connectivity index (χ0n) is 11.2. The normalized spacial score (nSPS) is 22.1. The number of rotatable bonds is 0. The van der Waals surface area contributed by atoms with Crippen LogP contribution in [0.1, 0.15) is 41.5 Å². The predicted octanol–water partition coefficient (Wildman–Crippen LogP) is 3.59. The van der Waals surface area contributed by atoms with Crippen LogP contribution in [-0.4, -0.2) is 22.5 Å². The van der Waals surface area contributed by atoms with Gasteiger partial charge in [0.2, 0.25) is 0 Å². The zero-order chi connectivity index (χ0) is 12.4. The summed E-state index contributed by atoms with van der Waals surface area (Å²) >= 11 is 0. The molecule has 0 aromatic rings. The van der Waals surface area contributed by atoms with Crippen molar-refractivity contribution in [3.05, 3.63) is 24.3 Å². The van der Waals surface area contributed by atoms with Crippen molar-refractivity contribution >= 4 is 11.4 Å². The van der Waals surface area contributed by atoms with Gasteiger partial charge in [-0.2, -0.15) is 0 Å². The van der Waals surface area contributed by atoms with E-state index in [0.717, 1.165) is 11.4 Å². The largest absolute Gasteiger partial charge is 0.277 e. The lowest BCUT2D eigenvalue weighted by Crippen LogP contribution is -2.23. The molecular weight excluding hydrogens is 196 g/mol. The quantitative estimate of drug-likeness (QED) is 0.555. The highest BCUT2D eigenvalue weighted by Crippen LogP contribution is 2.13. The SMILES string of the molecule is CC(C)(C)/N=C1/C=CC=C/C1=N/C(C)(C)C. The van der Waals surface area contributed by atoms with Gasteiger partial charge in [-0.25, -0.2) is 0 Å². The van der Waals surface area contributed by atoms with Crippen LogP contribution in [0, 0.1) is 0 Å². The number of hydrogen-bond acceptors (Lipinski definition) is 2. The topological polar surface area (TPSA) is 24.7 Å². The van der Waals surface area contributed by atoms with Gasteiger partial charge in [-0.1, -0.05) is 12.2 Å².